The maximum atomic E-state index is 12.2. The Kier molecular flexibility index (Phi) is 5.88. The fraction of sp³-hybridized carbons (Fsp3) is 0.562. The topological polar surface area (TPSA) is 58.4 Å². The van der Waals surface area contributed by atoms with Gasteiger partial charge in [0.05, 0.1) is 17.3 Å². The van der Waals surface area contributed by atoms with Crippen molar-refractivity contribution in [3.63, 3.8) is 0 Å². The summed E-state index contributed by atoms with van der Waals surface area (Å²) in [6.45, 7) is 3.65. The molecule has 0 aromatic heterocycles. The number of halogens is 1. The van der Waals surface area contributed by atoms with E-state index in [2.05, 4.69) is 17.1 Å². The largest absolute Gasteiger partial charge is 0.397 e. The van der Waals surface area contributed by atoms with E-state index in [0.717, 1.165) is 13.0 Å². The SMILES string of the molecule is CCC1CCCCCN1CC(=O)Nc1ccc(Cl)c(N)c1. The molecule has 0 saturated carbocycles. The van der Waals surface area contributed by atoms with E-state index in [9.17, 15) is 4.79 Å². The predicted octanol–water partition coefficient (Wildman–Crippen LogP) is 3.52. The maximum absolute atomic E-state index is 12.2. The van der Waals surface area contributed by atoms with Crippen LogP contribution in [0.1, 0.15) is 39.0 Å². The van der Waals surface area contributed by atoms with Gasteiger partial charge in [0.25, 0.3) is 0 Å². The van der Waals surface area contributed by atoms with Gasteiger partial charge in [-0.3, -0.25) is 9.69 Å². The smallest absolute Gasteiger partial charge is 0.238 e. The molecule has 1 saturated heterocycles. The van der Waals surface area contributed by atoms with Crippen molar-refractivity contribution < 1.29 is 4.79 Å². The highest BCUT2D eigenvalue weighted by atomic mass is 35.5. The Bertz CT molecular complexity index is 492. The summed E-state index contributed by atoms with van der Waals surface area (Å²) in [5.41, 5.74) is 6.93. The first-order valence-corrected chi connectivity index (χ1v) is 8.07. The van der Waals surface area contributed by atoms with Crippen LogP contribution < -0.4 is 11.1 Å². The molecule has 1 aromatic carbocycles. The molecule has 1 heterocycles. The number of rotatable bonds is 4. The fourth-order valence-corrected chi connectivity index (χ4v) is 3.03. The quantitative estimate of drug-likeness (QED) is 0.837. The summed E-state index contributed by atoms with van der Waals surface area (Å²) < 4.78 is 0. The first-order valence-electron chi connectivity index (χ1n) is 7.69. The van der Waals surface area contributed by atoms with E-state index in [4.69, 9.17) is 17.3 Å². The minimum Gasteiger partial charge on any atom is -0.397 e. The van der Waals surface area contributed by atoms with E-state index in [0.29, 0.717) is 29.0 Å². The molecule has 0 bridgehead atoms. The molecular formula is C16H24ClN3O. The lowest BCUT2D eigenvalue weighted by Crippen LogP contribution is -2.40. The van der Waals surface area contributed by atoms with Gasteiger partial charge in [-0.05, 0) is 44.0 Å². The number of hydrogen-bond acceptors (Lipinski definition) is 3. The third-order valence-electron chi connectivity index (χ3n) is 4.10. The predicted molar refractivity (Wildman–Crippen MR) is 88.6 cm³/mol. The van der Waals surface area contributed by atoms with Gasteiger partial charge in [-0.2, -0.15) is 0 Å². The number of carbonyl (C=O) groups excluding carboxylic acids is 1. The average Bonchev–Trinajstić information content (AvgIpc) is 2.68. The summed E-state index contributed by atoms with van der Waals surface area (Å²) >= 11 is 5.88. The molecule has 1 aliphatic rings. The Balaban J connectivity index is 1.94. The number of nitrogens with zero attached hydrogens (tertiary/aromatic N) is 1. The molecule has 116 valence electrons. The Morgan fingerprint density at radius 3 is 2.95 bits per heavy atom. The van der Waals surface area contributed by atoms with Gasteiger partial charge < -0.3 is 11.1 Å². The number of benzene rings is 1. The minimum atomic E-state index is 0.0112. The summed E-state index contributed by atoms with van der Waals surface area (Å²) in [4.78, 5) is 14.5. The highest BCUT2D eigenvalue weighted by molar-refractivity contribution is 6.33. The van der Waals surface area contributed by atoms with Crippen LogP contribution in [0.5, 0.6) is 0 Å². The van der Waals surface area contributed by atoms with Crippen molar-refractivity contribution in [2.45, 2.75) is 45.1 Å². The summed E-state index contributed by atoms with van der Waals surface area (Å²) in [5, 5.41) is 3.41. The van der Waals surface area contributed by atoms with Crippen LogP contribution in [0, 0.1) is 0 Å². The lowest BCUT2D eigenvalue weighted by Gasteiger charge is -2.28. The van der Waals surface area contributed by atoms with Crippen molar-refractivity contribution in [3.8, 4) is 0 Å². The lowest BCUT2D eigenvalue weighted by molar-refractivity contribution is -0.117. The molecule has 2 rings (SSSR count). The summed E-state index contributed by atoms with van der Waals surface area (Å²) in [6.07, 6.45) is 6.00. The van der Waals surface area contributed by atoms with Crippen molar-refractivity contribution in [2.24, 2.45) is 0 Å². The standard InChI is InChI=1S/C16H24ClN3O/c1-2-13-6-4-3-5-9-20(13)11-16(21)19-12-7-8-14(17)15(18)10-12/h7-8,10,13H,2-6,9,11,18H2,1H3,(H,19,21). The number of nitrogens with one attached hydrogen (secondary N) is 1. The molecular weight excluding hydrogens is 286 g/mol. The monoisotopic (exact) mass is 309 g/mol. The van der Waals surface area contributed by atoms with Crippen molar-refractivity contribution in [1.29, 1.82) is 0 Å². The first-order chi connectivity index (χ1) is 10.1. The van der Waals surface area contributed by atoms with Gasteiger partial charge in [0.15, 0.2) is 0 Å². The van der Waals surface area contributed by atoms with Gasteiger partial charge in [-0.15, -0.1) is 0 Å². The van der Waals surface area contributed by atoms with E-state index < -0.39 is 0 Å². The Morgan fingerprint density at radius 1 is 1.43 bits per heavy atom. The molecule has 1 unspecified atom stereocenters. The van der Waals surface area contributed by atoms with Crippen molar-refractivity contribution in [2.75, 3.05) is 24.1 Å². The first kappa shape index (κ1) is 16.1. The summed E-state index contributed by atoms with van der Waals surface area (Å²) in [7, 11) is 0. The van der Waals surface area contributed by atoms with Gasteiger partial charge in [0, 0.05) is 11.7 Å². The maximum Gasteiger partial charge on any atom is 0.238 e. The molecule has 5 heteroatoms. The van der Waals surface area contributed by atoms with Crippen LogP contribution in [-0.2, 0) is 4.79 Å². The third kappa shape index (κ3) is 4.61. The third-order valence-corrected chi connectivity index (χ3v) is 4.44. The van der Waals surface area contributed by atoms with Crippen LogP contribution in [0.4, 0.5) is 11.4 Å². The molecule has 0 radical (unpaired) electrons. The van der Waals surface area contributed by atoms with E-state index in [1.807, 2.05) is 0 Å². The molecule has 4 nitrogen and oxygen atoms in total. The highest BCUT2D eigenvalue weighted by Gasteiger charge is 2.21. The number of nitrogens with two attached hydrogens (primary N) is 1. The van der Waals surface area contributed by atoms with Crippen LogP contribution in [0.15, 0.2) is 18.2 Å². The van der Waals surface area contributed by atoms with Crippen LogP contribution >= 0.6 is 11.6 Å². The van der Waals surface area contributed by atoms with Gasteiger partial charge >= 0.3 is 0 Å². The van der Waals surface area contributed by atoms with Gasteiger partial charge in [-0.25, -0.2) is 0 Å². The number of likely N-dealkylation sites (tertiary alicyclic amines) is 1. The zero-order valence-corrected chi connectivity index (χ0v) is 13.3. The minimum absolute atomic E-state index is 0.0112. The number of nitrogen functional groups attached to an aromatic ring is 1. The summed E-state index contributed by atoms with van der Waals surface area (Å²) in [6, 6.07) is 5.69. The lowest BCUT2D eigenvalue weighted by atomic mass is 10.1. The highest BCUT2D eigenvalue weighted by Crippen LogP contribution is 2.23. The molecule has 1 fully saturated rings. The number of anilines is 2. The van der Waals surface area contributed by atoms with Gasteiger partial charge in [0.1, 0.15) is 0 Å². The number of hydrogen-bond donors (Lipinski definition) is 2. The van der Waals surface area contributed by atoms with E-state index in [1.54, 1.807) is 18.2 Å². The second kappa shape index (κ2) is 7.66. The van der Waals surface area contributed by atoms with Gasteiger partial charge in [-0.1, -0.05) is 31.4 Å². The zero-order valence-electron chi connectivity index (χ0n) is 12.6. The molecule has 0 spiro atoms. The van der Waals surface area contributed by atoms with Crippen molar-refractivity contribution in [1.82, 2.24) is 4.90 Å². The van der Waals surface area contributed by atoms with Gasteiger partial charge in [0.2, 0.25) is 5.91 Å². The van der Waals surface area contributed by atoms with Crippen molar-refractivity contribution >= 4 is 28.9 Å². The second-order valence-electron chi connectivity index (χ2n) is 5.67. The van der Waals surface area contributed by atoms with Crippen LogP contribution in [0.2, 0.25) is 5.02 Å². The normalized spacial score (nSPS) is 20.0. The molecule has 1 atom stereocenters. The Labute approximate surface area is 131 Å². The van der Waals surface area contributed by atoms with E-state index >= 15 is 0 Å². The molecule has 1 amide bonds. The molecule has 1 aliphatic heterocycles. The molecule has 1 aromatic rings. The molecule has 21 heavy (non-hydrogen) atoms. The second-order valence-corrected chi connectivity index (χ2v) is 6.07. The fourth-order valence-electron chi connectivity index (χ4n) is 2.91. The number of carbonyl (C=O) groups is 1. The Hall–Kier alpha value is -1.26. The summed E-state index contributed by atoms with van der Waals surface area (Å²) in [5.74, 6) is 0.0112. The van der Waals surface area contributed by atoms with Crippen molar-refractivity contribution in [3.05, 3.63) is 23.2 Å². The number of amides is 1. The molecule has 0 aliphatic carbocycles. The van der Waals surface area contributed by atoms with E-state index in [1.165, 1.54) is 25.7 Å². The average molecular weight is 310 g/mol. The van der Waals surface area contributed by atoms with Crippen LogP contribution in [-0.4, -0.2) is 29.9 Å². The van der Waals surface area contributed by atoms with Crippen LogP contribution in [0.3, 0.4) is 0 Å². The molecule has 3 N–H and O–H groups in total. The van der Waals surface area contributed by atoms with E-state index in [-0.39, 0.29) is 5.91 Å². The Morgan fingerprint density at radius 2 is 2.24 bits per heavy atom. The zero-order chi connectivity index (χ0) is 15.2. The van der Waals surface area contributed by atoms with Crippen LogP contribution in [0.25, 0.3) is 0 Å².